The zero-order valence-electron chi connectivity index (χ0n) is 14.8. The molecule has 5 rings (SSSR count). The Morgan fingerprint density at radius 1 is 1.15 bits per heavy atom. The number of aromatic nitrogens is 6. The first-order valence-corrected chi connectivity index (χ1v) is 10.3. The van der Waals surface area contributed by atoms with Crippen LogP contribution < -0.4 is 4.74 Å². The van der Waals surface area contributed by atoms with Crippen LogP contribution in [0.1, 0.15) is 22.7 Å². The number of benzene rings is 1. The molecule has 0 amide bonds. The average molecular weight is 397 g/mol. The van der Waals surface area contributed by atoms with E-state index in [0.717, 1.165) is 40.0 Å². The third kappa shape index (κ3) is 2.87. The van der Waals surface area contributed by atoms with Gasteiger partial charge < -0.3 is 4.74 Å². The molecule has 1 aliphatic rings. The summed E-state index contributed by atoms with van der Waals surface area (Å²) in [6.07, 6.45) is 3.44. The van der Waals surface area contributed by atoms with Crippen LogP contribution in [0.15, 0.2) is 34.4 Å². The molecule has 0 N–H and O–H groups in total. The summed E-state index contributed by atoms with van der Waals surface area (Å²) in [4.78, 5) is 11.9. The molecule has 3 aromatic heterocycles. The smallest absolute Gasteiger partial charge is 0.220 e. The summed E-state index contributed by atoms with van der Waals surface area (Å²) in [7, 11) is 1.65. The SMILES string of the molecule is COc1ccc(-n2nnnc2Sc2nc(C)nc3sc4c(c23)CCC4)cc1. The van der Waals surface area contributed by atoms with Gasteiger partial charge in [0.1, 0.15) is 21.4 Å². The Hall–Kier alpha value is -2.52. The van der Waals surface area contributed by atoms with Gasteiger partial charge in [0, 0.05) is 10.3 Å². The quantitative estimate of drug-likeness (QED) is 0.487. The van der Waals surface area contributed by atoms with Crippen molar-refractivity contribution in [2.45, 2.75) is 36.4 Å². The minimum absolute atomic E-state index is 0.678. The van der Waals surface area contributed by atoms with Crippen LogP contribution in [0.4, 0.5) is 0 Å². The Kier molecular flexibility index (Phi) is 4.05. The highest BCUT2D eigenvalue weighted by Gasteiger charge is 2.23. The van der Waals surface area contributed by atoms with Gasteiger partial charge in [-0.3, -0.25) is 0 Å². The summed E-state index contributed by atoms with van der Waals surface area (Å²) in [6, 6.07) is 7.65. The minimum Gasteiger partial charge on any atom is -0.497 e. The molecule has 0 bridgehead atoms. The largest absolute Gasteiger partial charge is 0.497 e. The number of aryl methyl sites for hydroxylation is 3. The van der Waals surface area contributed by atoms with Crippen LogP contribution in [0.2, 0.25) is 0 Å². The van der Waals surface area contributed by atoms with E-state index >= 15 is 0 Å². The van der Waals surface area contributed by atoms with E-state index in [4.69, 9.17) is 9.72 Å². The first-order chi connectivity index (χ1) is 13.2. The van der Waals surface area contributed by atoms with Crippen LogP contribution in [0.25, 0.3) is 15.9 Å². The molecule has 4 aromatic rings. The maximum atomic E-state index is 5.23. The second-order valence-electron chi connectivity index (χ2n) is 6.29. The number of hydrogen-bond acceptors (Lipinski definition) is 8. The van der Waals surface area contributed by atoms with Crippen molar-refractivity contribution in [1.29, 1.82) is 0 Å². The third-order valence-corrected chi connectivity index (χ3v) is 6.70. The van der Waals surface area contributed by atoms with Crippen molar-refractivity contribution >= 4 is 33.3 Å². The molecular weight excluding hydrogens is 380 g/mol. The average Bonchev–Trinajstić information content (AvgIpc) is 3.37. The number of thiophene rings is 1. The van der Waals surface area contributed by atoms with Gasteiger partial charge in [-0.1, -0.05) is 0 Å². The Bertz CT molecular complexity index is 1130. The van der Waals surface area contributed by atoms with Crippen molar-refractivity contribution in [2.24, 2.45) is 0 Å². The van der Waals surface area contributed by atoms with Crippen LogP contribution in [0.5, 0.6) is 5.75 Å². The lowest BCUT2D eigenvalue weighted by Crippen LogP contribution is -2.00. The van der Waals surface area contributed by atoms with Crippen LogP contribution in [0, 0.1) is 6.92 Å². The van der Waals surface area contributed by atoms with Gasteiger partial charge in [0.25, 0.3) is 0 Å². The number of nitrogens with zero attached hydrogens (tertiary/aromatic N) is 6. The maximum Gasteiger partial charge on any atom is 0.220 e. The molecule has 0 unspecified atom stereocenters. The monoisotopic (exact) mass is 396 g/mol. The molecule has 0 radical (unpaired) electrons. The molecule has 1 aromatic carbocycles. The molecule has 3 heterocycles. The van der Waals surface area contributed by atoms with Crippen LogP contribution in [0.3, 0.4) is 0 Å². The second kappa shape index (κ2) is 6.58. The predicted octanol–water partition coefficient (Wildman–Crippen LogP) is 3.62. The Labute approximate surface area is 163 Å². The summed E-state index contributed by atoms with van der Waals surface area (Å²) in [6.45, 7) is 1.93. The van der Waals surface area contributed by atoms with Gasteiger partial charge in [-0.25, -0.2) is 9.97 Å². The number of ether oxygens (including phenoxy) is 1. The van der Waals surface area contributed by atoms with Gasteiger partial charge in [-0.2, -0.15) is 4.68 Å². The minimum atomic E-state index is 0.678. The fourth-order valence-electron chi connectivity index (χ4n) is 3.35. The Morgan fingerprint density at radius 2 is 2.00 bits per heavy atom. The van der Waals surface area contributed by atoms with Gasteiger partial charge in [0.05, 0.1) is 12.8 Å². The molecule has 0 saturated heterocycles. The molecule has 1 aliphatic carbocycles. The highest BCUT2D eigenvalue weighted by atomic mass is 32.2. The molecule has 0 aliphatic heterocycles. The van der Waals surface area contributed by atoms with E-state index < -0.39 is 0 Å². The molecule has 136 valence electrons. The molecule has 0 atom stereocenters. The van der Waals surface area contributed by atoms with E-state index in [9.17, 15) is 0 Å². The zero-order chi connectivity index (χ0) is 18.4. The number of hydrogen-bond donors (Lipinski definition) is 0. The lowest BCUT2D eigenvalue weighted by molar-refractivity contribution is 0.414. The zero-order valence-corrected chi connectivity index (χ0v) is 16.5. The maximum absolute atomic E-state index is 5.23. The van der Waals surface area contributed by atoms with Crippen molar-refractivity contribution in [3.63, 3.8) is 0 Å². The van der Waals surface area contributed by atoms with Crippen molar-refractivity contribution in [2.75, 3.05) is 7.11 Å². The predicted molar refractivity (Wildman–Crippen MR) is 104 cm³/mol. The molecule has 27 heavy (non-hydrogen) atoms. The van der Waals surface area contributed by atoms with Gasteiger partial charge >= 0.3 is 0 Å². The van der Waals surface area contributed by atoms with E-state index in [1.807, 2.05) is 31.2 Å². The molecule has 0 saturated carbocycles. The summed E-state index contributed by atoms with van der Waals surface area (Å²) >= 11 is 3.29. The van der Waals surface area contributed by atoms with Crippen molar-refractivity contribution in [3.05, 3.63) is 40.5 Å². The summed E-state index contributed by atoms with van der Waals surface area (Å²) in [5.41, 5.74) is 2.28. The fraction of sp³-hybridized carbons (Fsp3) is 0.278. The molecular formula is C18H16N6OS2. The normalized spacial score (nSPS) is 13.3. The number of methoxy groups -OCH3 is 1. The van der Waals surface area contributed by atoms with E-state index in [-0.39, 0.29) is 0 Å². The standard InChI is InChI=1S/C18H16N6OS2/c1-10-19-16-15(13-4-3-5-14(13)26-16)17(20-10)27-18-21-22-23-24(18)11-6-8-12(25-2)9-7-11/h6-9H,3-5H2,1-2H3. The lowest BCUT2D eigenvalue weighted by atomic mass is 10.2. The number of tetrazole rings is 1. The highest BCUT2D eigenvalue weighted by molar-refractivity contribution is 7.99. The fourth-order valence-corrected chi connectivity index (χ4v) is 5.70. The Balaban J connectivity index is 1.58. The van der Waals surface area contributed by atoms with Gasteiger partial charge in [0.15, 0.2) is 0 Å². The third-order valence-electron chi connectivity index (χ3n) is 4.59. The van der Waals surface area contributed by atoms with Crippen LogP contribution in [-0.2, 0) is 12.8 Å². The molecule has 9 heteroatoms. The van der Waals surface area contributed by atoms with E-state index in [0.29, 0.717) is 5.16 Å². The van der Waals surface area contributed by atoms with Crippen LogP contribution in [-0.4, -0.2) is 37.3 Å². The number of rotatable bonds is 4. The summed E-state index contributed by atoms with van der Waals surface area (Å²) in [5, 5.41) is 15.0. The Morgan fingerprint density at radius 3 is 2.81 bits per heavy atom. The van der Waals surface area contributed by atoms with Gasteiger partial charge in [-0.15, -0.1) is 16.4 Å². The lowest BCUT2D eigenvalue weighted by Gasteiger charge is -2.07. The van der Waals surface area contributed by atoms with Crippen molar-refractivity contribution in [1.82, 2.24) is 30.2 Å². The van der Waals surface area contributed by atoms with E-state index in [1.165, 1.54) is 34.0 Å². The van der Waals surface area contributed by atoms with Crippen molar-refractivity contribution < 1.29 is 4.74 Å². The number of fused-ring (bicyclic) bond motifs is 3. The van der Waals surface area contributed by atoms with E-state index in [1.54, 1.807) is 23.1 Å². The van der Waals surface area contributed by atoms with Gasteiger partial charge in [0.2, 0.25) is 5.16 Å². The first kappa shape index (κ1) is 16.6. The van der Waals surface area contributed by atoms with Crippen molar-refractivity contribution in [3.8, 4) is 11.4 Å². The van der Waals surface area contributed by atoms with E-state index in [2.05, 4.69) is 20.5 Å². The molecule has 0 spiro atoms. The highest BCUT2D eigenvalue weighted by Crippen LogP contribution is 2.41. The van der Waals surface area contributed by atoms with Gasteiger partial charge in [-0.05, 0) is 78.2 Å². The summed E-state index contributed by atoms with van der Waals surface area (Å²) < 4.78 is 6.95. The summed E-state index contributed by atoms with van der Waals surface area (Å²) in [5.74, 6) is 1.57. The molecule has 0 fully saturated rings. The van der Waals surface area contributed by atoms with Crippen LogP contribution >= 0.6 is 23.1 Å². The second-order valence-corrected chi connectivity index (χ2v) is 8.33. The molecule has 7 nitrogen and oxygen atoms in total. The first-order valence-electron chi connectivity index (χ1n) is 8.62. The topological polar surface area (TPSA) is 78.6 Å².